The van der Waals surface area contributed by atoms with Crippen LogP contribution in [0.3, 0.4) is 0 Å². The average Bonchev–Trinajstić information content (AvgIpc) is 2.76. The van der Waals surface area contributed by atoms with Crippen molar-refractivity contribution >= 4 is 11.8 Å². The number of nitrogens with zero attached hydrogens (tertiary/aromatic N) is 1. The summed E-state index contributed by atoms with van der Waals surface area (Å²) in [6.45, 7) is 0. The lowest BCUT2D eigenvalue weighted by atomic mass is 9.84. The van der Waals surface area contributed by atoms with Crippen LogP contribution in [0.15, 0.2) is 29.3 Å². The zero-order valence-electron chi connectivity index (χ0n) is 9.80. The van der Waals surface area contributed by atoms with Gasteiger partial charge in [0.15, 0.2) is 12.1 Å². The van der Waals surface area contributed by atoms with E-state index in [-0.39, 0.29) is 11.8 Å². The number of amidine groups is 1. The first-order valence-corrected chi connectivity index (χ1v) is 6.07. The third-order valence-electron chi connectivity index (χ3n) is 3.47. The molecule has 0 aromatic heterocycles. The van der Waals surface area contributed by atoms with Crippen molar-refractivity contribution in [3.05, 3.63) is 35.4 Å². The first-order chi connectivity index (χ1) is 8.74. The molecular formula is C13H14N2O3. The summed E-state index contributed by atoms with van der Waals surface area (Å²) in [5, 5.41) is 8.95. The minimum Gasteiger partial charge on any atom is -0.478 e. The second-order valence-corrected chi connectivity index (χ2v) is 4.67. The number of hydrogen-bond donors (Lipinski definition) is 2. The van der Waals surface area contributed by atoms with Gasteiger partial charge in [0.25, 0.3) is 0 Å². The predicted octanol–water partition coefficient (Wildman–Crippen LogP) is 1.79. The Balaban J connectivity index is 1.82. The first-order valence-electron chi connectivity index (χ1n) is 6.07. The fraction of sp³-hybridized carbons (Fsp3) is 0.385. The summed E-state index contributed by atoms with van der Waals surface area (Å²) >= 11 is 0. The van der Waals surface area contributed by atoms with Gasteiger partial charge in [-0.15, -0.1) is 0 Å². The van der Waals surface area contributed by atoms with Gasteiger partial charge in [-0.25, -0.2) is 20.1 Å². The number of hydrogen-bond acceptors (Lipinski definition) is 4. The zero-order chi connectivity index (χ0) is 12.5. The second kappa shape index (κ2) is 4.42. The molecule has 5 heteroatoms. The highest BCUT2D eigenvalue weighted by molar-refractivity contribution is 6.01. The van der Waals surface area contributed by atoms with Gasteiger partial charge < -0.3 is 5.11 Å². The van der Waals surface area contributed by atoms with E-state index in [1.807, 2.05) is 6.07 Å². The average molecular weight is 246 g/mol. The van der Waals surface area contributed by atoms with Crippen molar-refractivity contribution in [2.75, 3.05) is 0 Å². The molecule has 94 valence electrons. The van der Waals surface area contributed by atoms with Crippen molar-refractivity contribution in [3.8, 4) is 0 Å². The lowest BCUT2D eigenvalue weighted by Crippen LogP contribution is -2.27. The third-order valence-corrected chi connectivity index (χ3v) is 3.47. The molecule has 1 fully saturated rings. The molecule has 0 saturated heterocycles. The van der Waals surface area contributed by atoms with Crippen LogP contribution in [0, 0.1) is 5.92 Å². The van der Waals surface area contributed by atoms with Crippen LogP contribution >= 0.6 is 0 Å². The number of carboxylic acids is 1. The molecule has 1 aromatic rings. The van der Waals surface area contributed by atoms with Gasteiger partial charge in [0.2, 0.25) is 0 Å². The zero-order valence-corrected chi connectivity index (χ0v) is 9.80. The van der Waals surface area contributed by atoms with E-state index in [0.717, 1.165) is 18.4 Å². The number of carboxylic acid groups (broad SMARTS) is 1. The highest BCUT2D eigenvalue weighted by Crippen LogP contribution is 2.33. The molecule has 0 amide bonds. The van der Waals surface area contributed by atoms with Crippen LogP contribution in [0.2, 0.25) is 0 Å². The Hall–Kier alpha value is -1.88. The summed E-state index contributed by atoms with van der Waals surface area (Å²) in [6.07, 6.45) is 3.42. The molecule has 5 nitrogen and oxygen atoms in total. The van der Waals surface area contributed by atoms with Crippen molar-refractivity contribution < 1.29 is 14.7 Å². The lowest BCUT2D eigenvalue weighted by molar-refractivity contribution is -0.0219. The summed E-state index contributed by atoms with van der Waals surface area (Å²) in [6, 6.07) is 6.69. The maximum Gasteiger partial charge on any atom is 0.335 e. The van der Waals surface area contributed by atoms with Crippen LogP contribution in [-0.4, -0.2) is 23.1 Å². The van der Waals surface area contributed by atoms with Crippen LogP contribution < -0.4 is 5.48 Å². The maximum absolute atomic E-state index is 10.9. The van der Waals surface area contributed by atoms with Gasteiger partial charge in [0.1, 0.15) is 0 Å². The van der Waals surface area contributed by atoms with E-state index in [9.17, 15) is 4.79 Å². The van der Waals surface area contributed by atoms with Crippen molar-refractivity contribution in [2.24, 2.45) is 10.9 Å². The van der Waals surface area contributed by atoms with Gasteiger partial charge in [-0.2, -0.15) is 0 Å². The van der Waals surface area contributed by atoms with E-state index in [1.54, 1.807) is 18.2 Å². The largest absolute Gasteiger partial charge is 0.478 e. The van der Waals surface area contributed by atoms with E-state index in [0.29, 0.717) is 11.8 Å². The smallest absolute Gasteiger partial charge is 0.335 e. The topological polar surface area (TPSA) is 70.9 Å². The molecule has 2 aliphatic rings. The van der Waals surface area contributed by atoms with E-state index in [4.69, 9.17) is 9.94 Å². The number of nitrogens with one attached hydrogen (secondary N) is 1. The minimum atomic E-state index is -0.938. The van der Waals surface area contributed by atoms with Crippen molar-refractivity contribution in [1.29, 1.82) is 0 Å². The summed E-state index contributed by atoms with van der Waals surface area (Å²) < 4.78 is 0. The summed E-state index contributed by atoms with van der Waals surface area (Å²) in [5.74, 6) is 0.180. The minimum absolute atomic E-state index is 0.123. The molecule has 1 aromatic carbocycles. The highest BCUT2D eigenvalue weighted by atomic mass is 16.7. The van der Waals surface area contributed by atoms with Crippen molar-refractivity contribution in [1.82, 2.24) is 5.48 Å². The fourth-order valence-electron chi connectivity index (χ4n) is 2.16. The fourth-order valence-corrected chi connectivity index (χ4v) is 2.16. The number of carbonyl (C=O) groups is 1. The third kappa shape index (κ3) is 1.97. The lowest BCUT2D eigenvalue weighted by Gasteiger charge is -2.27. The molecule has 1 saturated carbocycles. The van der Waals surface area contributed by atoms with Gasteiger partial charge in [-0.3, -0.25) is 0 Å². The van der Waals surface area contributed by atoms with E-state index >= 15 is 0 Å². The Morgan fingerprint density at radius 2 is 2.28 bits per heavy atom. The second-order valence-electron chi connectivity index (χ2n) is 4.67. The predicted molar refractivity (Wildman–Crippen MR) is 65.3 cm³/mol. The summed E-state index contributed by atoms with van der Waals surface area (Å²) in [7, 11) is 0. The SMILES string of the molecule is O=C(O)c1cccc(C2=NC(C3CCC3)ON2)c1. The van der Waals surface area contributed by atoms with Gasteiger partial charge in [0, 0.05) is 11.5 Å². The number of rotatable bonds is 3. The van der Waals surface area contributed by atoms with E-state index < -0.39 is 5.97 Å². The summed E-state index contributed by atoms with van der Waals surface area (Å²) in [4.78, 5) is 20.8. The Bertz CT molecular complexity index is 509. The van der Waals surface area contributed by atoms with E-state index in [1.165, 1.54) is 6.42 Å². The molecule has 1 unspecified atom stereocenters. The number of aliphatic imine (C=N–C) groups is 1. The molecule has 18 heavy (non-hydrogen) atoms. The van der Waals surface area contributed by atoms with Crippen LogP contribution in [0.1, 0.15) is 35.2 Å². The molecule has 0 spiro atoms. The van der Waals surface area contributed by atoms with Crippen LogP contribution in [0.4, 0.5) is 0 Å². The Kier molecular flexibility index (Phi) is 2.76. The number of benzene rings is 1. The normalized spacial score (nSPS) is 23.1. The van der Waals surface area contributed by atoms with Gasteiger partial charge in [0.05, 0.1) is 5.56 Å². The molecular weight excluding hydrogens is 232 g/mol. The maximum atomic E-state index is 10.9. The summed E-state index contributed by atoms with van der Waals surface area (Å²) in [5.41, 5.74) is 3.80. The van der Waals surface area contributed by atoms with Gasteiger partial charge >= 0.3 is 5.97 Å². The molecule has 1 atom stereocenters. The van der Waals surface area contributed by atoms with Crippen molar-refractivity contribution in [3.63, 3.8) is 0 Å². The quantitative estimate of drug-likeness (QED) is 0.853. The molecule has 1 aliphatic carbocycles. The molecule has 2 N–H and O–H groups in total. The molecule has 1 heterocycles. The molecule has 0 radical (unpaired) electrons. The Morgan fingerprint density at radius 3 is 2.94 bits per heavy atom. The monoisotopic (exact) mass is 246 g/mol. The highest BCUT2D eigenvalue weighted by Gasteiger charge is 2.32. The van der Waals surface area contributed by atoms with Crippen LogP contribution in [-0.2, 0) is 4.84 Å². The standard InChI is InChI=1S/C13H14N2O3/c16-13(17)10-6-2-5-9(7-10)11-14-12(18-15-11)8-3-1-4-8/h2,5-8,12H,1,3-4H2,(H,14,15)(H,16,17). The first kappa shape index (κ1) is 11.2. The Morgan fingerprint density at radius 1 is 1.44 bits per heavy atom. The van der Waals surface area contributed by atoms with Crippen molar-refractivity contribution in [2.45, 2.75) is 25.5 Å². The number of hydroxylamine groups is 1. The van der Waals surface area contributed by atoms with E-state index in [2.05, 4.69) is 10.5 Å². The number of aromatic carboxylic acids is 1. The molecule has 0 bridgehead atoms. The van der Waals surface area contributed by atoms with Crippen LogP contribution in [0.5, 0.6) is 0 Å². The van der Waals surface area contributed by atoms with Crippen LogP contribution in [0.25, 0.3) is 0 Å². The van der Waals surface area contributed by atoms with Gasteiger partial charge in [-0.1, -0.05) is 18.6 Å². The molecule has 3 rings (SSSR count). The van der Waals surface area contributed by atoms with Gasteiger partial charge in [-0.05, 0) is 25.0 Å². The molecule has 1 aliphatic heterocycles. The Labute approximate surface area is 104 Å².